The van der Waals surface area contributed by atoms with E-state index in [0.717, 1.165) is 43.1 Å². The quantitative estimate of drug-likeness (QED) is 0.432. The summed E-state index contributed by atoms with van der Waals surface area (Å²) < 4.78 is 1.74. The summed E-state index contributed by atoms with van der Waals surface area (Å²) in [6, 6.07) is 15.8. The molecule has 5 rings (SSSR count). The van der Waals surface area contributed by atoms with Gasteiger partial charge in [-0.05, 0) is 49.5 Å². The molecular formula is C25H26N8O. The first-order valence-electron chi connectivity index (χ1n) is 11.1. The fourth-order valence-corrected chi connectivity index (χ4v) is 3.95. The average Bonchev–Trinajstić information content (AvgIpc) is 3.28. The summed E-state index contributed by atoms with van der Waals surface area (Å²) in [5, 5.41) is 10.7. The van der Waals surface area contributed by atoms with Crippen LogP contribution < -0.4 is 15.5 Å². The Kier molecular flexibility index (Phi) is 5.92. The highest BCUT2D eigenvalue weighted by atomic mass is 16.1. The van der Waals surface area contributed by atoms with E-state index < -0.39 is 0 Å². The lowest BCUT2D eigenvalue weighted by Gasteiger charge is -2.34. The van der Waals surface area contributed by atoms with E-state index in [0.29, 0.717) is 17.3 Å². The van der Waals surface area contributed by atoms with Crippen LogP contribution in [0, 0.1) is 0 Å². The summed E-state index contributed by atoms with van der Waals surface area (Å²) in [7, 11) is 2.16. The third kappa shape index (κ3) is 4.60. The Morgan fingerprint density at radius 3 is 2.56 bits per heavy atom. The van der Waals surface area contributed by atoms with Crippen LogP contribution in [0.25, 0.3) is 16.9 Å². The molecule has 0 spiro atoms. The van der Waals surface area contributed by atoms with Crippen molar-refractivity contribution >= 4 is 34.6 Å². The number of nitrogens with zero attached hydrogens (tertiary/aromatic N) is 6. The van der Waals surface area contributed by atoms with Crippen LogP contribution in [0.15, 0.2) is 73.6 Å². The van der Waals surface area contributed by atoms with Gasteiger partial charge in [0.15, 0.2) is 5.65 Å². The molecule has 34 heavy (non-hydrogen) atoms. The van der Waals surface area contributed by atoms with Crippen molar-refractivity contribution in [2.24, 2.45) is 0 Å². The number of aromatic nitrogens is 4. The lowest BCUT2D eigenvalue weighted by molar-refractivity contribution is -0.111. The number of piperazine rings is 1. The Morgan fingerprint density at radius 2 is 1.79 bits per heavy atom. The lowest BCUT2D eigenvalue weighted by Crippen LogP contribution is -2.44. The van der Waals surface area contributed by atoms with Crippen LogP contribution in [0.3, 0.4) is 0 Å². The second-order valence-electron chi connectivity index (χ2n) is 8.23. The minimum Gasteiger partial charge on any atom is -0.369 e. The van der Waals surface area contributed by atoms with E-state index in [1.807, 2.05) is 36.4 Å². The van der Waals surface area contributed by atoms with Gasteiger partial charge in [-0.1, -0.05) is 18.7 Å². The largest absolute Gasteiger partial charge is 0.369 e. The van der Waals surface area contributed by atoms with Crippen molar-refractivity contribution in [2.75, 3.05) is 48.8 Å². The van der Waals surface area contributed by atoms with E-state index in [2.05, 4.69) is 61.3 Å². The smallest absolute Gasteiger partial charge is 0.247 e. The Morgan fingerprint density at radius 1 is 1.00 bits per heavy atom. The highest BCUT2D eigenvalue weighted by molar-refractivity contribution is 5.99. The number of benzene rings is 2. The molecule has 1 saturated heterocycles. The summed E-state index contributed by atoms with van der Waals surface area (Å²) in [5.74, 6) is 0.206. The first-order chi connectivity index (χ1) is 16.6. The molecule has 2 aromatic carbocycles. The van der Waals surface area contributed by atoms with Gasteiger partial charge in [0, 0.05) is 48.8 Å². The molecule has 3 heterocycles. The topological polar surface area (TPSA) is 90.7 Å². The minimum absolute atomic E-state index is 0.261. The van der Waals surface area contributed by atoms with Gasteiger partial charge in [-0.3, -0.25) is 4.79 Å². The summed E-state index contributed by atoms with van der Waals surface area (Å²) in [6.45, 7) is 7.70. The zero-order chi connectivity index (χ0) is 23.5. The van der Waals surface area contributed by atoms with Gasteiger partial charge < -0.3 is 20.4 Å². The van der Waals surface area contributed by atoms with E-state index in [4.69, 9.17) is 0 Å². The molecule has 0 atom stereocenters. The number of hydrogen-bond acceptors (Lipinski definition) is 7. The number of imidazole rings is 1. The number of carbonyl (C=O) groups excluding carboxylic acids is 1. The summed E-state index contributed by atoms with van der Waals surface area (Å²) in [4.78, 5) is 25.2. The number of carbonyl (C=O) groups is 1. The highest BCUT2D eigenvalue weighted by Crippen LogP contribution is 2.25. The molecule has 172 valence electrons. The fraction of sp³-hybridized carbons (Fsp3) is 0.200. The average molecular weight is 455 g/mol. The van der Waals surface area contributed by atoms with Gasteiger partial charge in [0.05, 0.1) is 18.1 Å². The number of anilines is 4. The number of likely N-dealkylation sites (N-methyl/N-ethyl adjacent to an activating group) is 1. The number of rotatable bonds is 6. The van der Waals surface area contributed by atoms with Crippen molar-refractivity contribution in [1.29, 1.82) is 0 Å². The molecular weight excluding hydrogens is 428 g/mol. The summed E-state index contributed by atoms with van der Waals surface area (Å²) >= 11 is 0. The van der Waals surface area contributed by atoms with E-state index >= 15 is 0 Å². The summed E-state index contributed by atoms with van der Waals surface area (Å²) in [5.41, 5.74) is 5.09. The van der Waals surface area contributed by atoms with Crippen LogP contribution in [0.1, 0.15) is 0 Å². The van der Waals surface area contributed by atoms with Gasteiger partial charge in [0.25, 0.3) is 0 Å². The molecule has 0 saturated carbocycles. The van der Waals surface area contributed by atoms with Crippen LogP contribution >= 0.6 is 0 Å². The second-order valence-corrected chi connectivity index (χ2v) is 8.23. The van der Waals surface area contributed by atoms with Crippen molar-refractivity contribution < 1.29 is 4.79 Å². The Labute approximate surface area is 197 Å². The van der Waals surface area contributed by atoms with E-state index in [-0.39, 0.29) is 5.91 Å². The van der Waals surface area contributed by atoms with E-state index in [9.17, 15) is 4.79 Å². The Bertz CT molecular complexity index is 1320. The maximum Gasteiger partial charge on any atom is 0.247 e. The molecule has 4 aromatic rings. The third-order valence-corrected chi connectivity index (χ3v) is 5.86. The van der Waals surface area contributed by atoms with E-state index in [1.165, 1.54) is 11.8 Å². The standard InChI is InChI=1S/C25H26N8O/c1-3-24(34)28-20-6-4-5-18(15-20)22-16-26-23-17-27-25(30-33(22)23)29-19-7-9-21(10-8-19)32-13-11-31(2)12-14-32/h3-10,15-17H,1,11-14H2,2H3,(H,28,34)(H,29,30). The number of nitrogens with one attached hydrogen (secondary N) is 2. The number of hydrogen-bond donors (Lipinski definition) is 2. The lowest BCUT2D eigenvalue weighted by atomic mass is 10.1. The molecule has 0 aliphatic carbocycles. The van der Waals surface area contributed by atoms with Gasteiger partial charge >= 0.3 is 0 Å². The molecule has 1 amide bonds. The first kappa shape index (κ1) is 21.6. The molecule has 0 bridgehead atoms. The second kappa shape index (κ2) is 9.32. The molecule has 0 radical (unpaired) electrons. The molecule has 2 aromatic heterocycles. The van der Waals surface area contributed by atoms with Crippen LogP contribution in [0.2, 0.25) is 0 Å². The van der Waals surface area contributed by atoms with Crippen molar-refractivity contribution in [3.05, 3.63) is 73.6 Å². The van der Waals surface area contributed by atoms with Crippen molar-refractivity contribution in [2.45, 2.75) is 0 Å². The van der Waals surface area contributed by atoms with Crippen LogP contribution in [0.4, 0.5) is 23.0 Å². The van der Waals surface area contributed by atoms with Crippen LogP contribution in [0.5, 0.6) is 0 Å². The van der Waals surface area contributed by atoms with Crippen LogP contribution in [-0.4, -0.2) is 63.6 Å². The van der Waals surface area contributed by atoms with E-state index in [1.54, 1.807) is 16.9 Å². The van der Waals surface area contributed by atoms with Gasteiger partial charge in [0.2, 0.25) is 11.9 Å². The monoisotopic (exact) mass is 454 g/mol. The molecule has 2 N–H and O–H groups in total. The predicted molar refractivity (Wildman–Crippen MR) is 134 cm³/mol. The molecule has 1 aliphatic heterocycles. The first-order valence-corrected chi connectivity index (χ1v) is 11.1. The molecule has 9 heteroatoms. The number of fused-ring (bicyclic) bond motifs is 1. The summed E-state index contributed by atoms with van der Waals surface area (Å²) in [6.07, 6.45) is 4.66. The highest BCUT2D eigenvalue weighted by Gasteiger charge is 2.14. The van der Waals surface area contributed by atoms with Crippen molar-refractivity contribution in [3.8, 4) is 11.3 Å². The van der Waals surface area contributed by atoms with Gasteiger partial charge in [-0.2, -0.15) is 0 Å². The minimum atomic E-state index is -0.261. The van der Waals surface area contributed by atoms with Crippen LogP contribution in [-0.2, 0) is 4.79 Å². The maximum atomic E-state index is 11.7. The van der Waals surface area contributed by atoms with Gasteiger partial charge in [-0.25, -0.2) is 14.5 Å². The third-order valence-electron chi connectivity index (χ3n) is 5.86. The van der Waals surface area contributed by atoms with Crippen molar-refractivity contribution in [3.63, 3.8) is 0 Å². The zero-order valence-corrected chi connectivity index (χ0v) is 19.0. The fourth-order valence-electron chi connectivity index (χ4n) is 3.95. The number of amides is 1. The SMILES string of the molecule is C=CC(=O)Nc1cccc(-c2cnc3cnc(Nc4ccc(N5CCN(C)CC5)cc4)nn23)c1. The Balaban J connectivity index is 1.36. The molecule has 1 aliphatic rings. The normalized spacial score (nSPS) is 14.2. The Hall–Kier alpha value is -4.24. The van der Waals surface area contributed by atoms with Gasteiger partial charge in [0.1, 0.15) is 0 Å². The predicted octanol–water partition coefficient (Wildman–Crippen LogP) is 3.41. The zero-order valence-electron chi connectivity index (χ0n) is 19.0. The molecule has 9 nitrogen and oxygen atoms in total. The van der Waals surface area contributed by atoms with Crippen molar-refractivity contribution in [1.82, 2.24) is 24.5 Å². The van der Waals surface area contributed by atoms with Gasteiger partial charge in [-0.15, -0.1) is 5.10 Å². The molecule has 1 fully saturated rings. The molecule has 0 unspecified atom stereocenters. The maximum absolute atomic E-state index is 11.7.